The summed E-state index contributed by atoms with van der Waals surface area (Å²) in [6.45, 7) is 0. The molecule has 0 saturated heterocycles. The summed E-state index contributed by atoms with van der Waals surface area (Å²) in [5.41, 5.74) is 2.02. The predicted molar refractivity (Wildman–Crippen MR) is 82.5 cm³/mol. The van der Waals surface area contributed by atoms with Crippen LogP contribution in [0.3, 0.4) is 0 Å². The molecule has 2 aromatic carbocycles. The van der Waals surface area contributed by atoms with E-state index in [0.29, 0.717) is 10.0 Å². The fourth-order valence-corrected chi connectivity index (χ4v) is 2.79. The predicted octanol–water partition coefficient (Wildman–Crippen LogP) is 4.95. The minimum absolute atomic E-state index is 0.0185. The zero-order chi connectivity index (χ0) is 14.1. The van der Waals surface area contributed by atoms with Crippen LogP contribution in [0, 0.1) is 0 Å². The number of hydrogen-bond donors (Lipinski definition) is 0. The van der Waals surface area contributed by atoms with Crippen molar-refractivity contribution in [2.24, 2.45) is 0 Å². The minimum atomic E-state index is -0.0185. The number of nitrogens with zero attached hydrogens (tertiary/aromatic N) is 1. The molecule has 102 valence electrons. The molecule has 0 N–H and O–H groups in total. The summed E-state index contributed by atoms with van der Waals surface area (Å²) in [5, 5.41) is 3.06. The third-order valence-corrected chi connectivity index (χ3v) is 3.85. The normalized spacial score (nSPS) is 18.8. The van der Waals surface area contributed by atoms with Crippen LogP contribution >= 0.6 is 23.2 Å². The van der Waals surface area contributed by atoms with E-state index in [4.69, 9.17) is 28.0 Å². The standard InChI is InChI=1S/C16H13Cl2NO/c1-19-15(13-8-7-12(17)9-14(13)18)10-16(20-19)11-5-3-2-4-6-11/h2-10,15H,1H3. The van der Waals surface area contributed by atoms with Gasteiger partial charge in [0.05, 0.1) is 6.04 Å². The molecule has 0 aromatic heterocycles. The maximum atomic E-state index is 6.27. The Hall–Kier alpha value is -1.48. The van der Waals surface area contributed by atoms with Gasteiger partial charge in [0.1, 0.15) is 0 Å². The van der Waals surface area contributed by atoms with Gasteiger partial charge in [0.2, 0.25) is 0 Å². The lowest BCUT2D eigenvalue weighted by molar-refractivity contribution is -0.0663. The highest BCUT2D eigenvalue weighted by atomic mass is 35.5. The Morgan fingerprint density at radius 1 is 1.05 bits per heavy atom. The molecule has 4 heteroatoms. The molecule has 0 amide bonds. The van der Waals surface area contributed by atoms with Crippen LogP contribution in [0.2, 0.25) is 10.0 Å². The summed E-state index contributed by atoms with van der Waals surface area (Å²) < 4.78 is 0. The molecule has 1 unspecified atom stereocenters. The molecular weight excluding hydrogens is 293 g/mol. The van der Waals surface area contributed by atoms with Gasteiger partial charge in [-0.2, -0.15) is 0 Å². The molecule has 0 spiro atoms. The van der Waals surface area contributed by atoms with E-state index in [-0.39, 0.29) is 6.04 Å². The quantitative estimate of drug-likeness (QED) is 0.778. The zero-order valence-corrected chi connectivity index (χ0v) is 12.4. The van der Waals surface area contributed by atoms with Crippen LogP contribution < -0.4 is 0 Å². The van der Waals surface area contributed by atoms with Crippen molar-refractivity contribution >= 4 is 29.0 Å². The molecule has 2 nitrogen and oxygen atoms in total. The van der Waals surface area contributed by atoms with E-state index in [1.807, 2.05) is 49.5 Å². The van der Waals surface area contributed by atoms with Crippen molar-refractivity contribution in [1.82, 2.24) is 5.06 Å². The Balaban J connectivity index is 1.96. The van der Waals surface area contributed by atoms with Gasteiger partial charge in [0.25, 0.3) is 0 Å². The lowest BCUT2D eigenvalue weighted by atomic mass is 10.1. The van der Waals surface area contributed by atoms with Gasteiger partial charge in [-0.05, 0) is 23.8 Å². The number of hydroxylamine groups is 2. The SMILES string of the molecule is CN1OC(c2ccccc2)=CC1c1ccc(Cl)cc1Cl. The van der Waals surface area contributed by atoms with Gasteiger partial charge in [-0.1, -0.05) is 59.6 Å². The summed E-state index contributed by atoms with van der Waals surface area (Å²) in [4.78, 5) is 5.80. The van der Waals surface area contributed by atoms with Crippen molar-refractivity contribution in [1.29, 1.82) is 0 Å². The Kier molecular flexibility index (Phi) is 3.70. The minimum Gasteiger partial charge on any atom is -0.405 e. The number of likely N-dealkylation sites (N-methyl/N-ethyl adjacent to an activating group) is 1. The maximum absolute atomic E-state index is 6.27. The van der Waals surface area contributed by atoms with Gasteiger partial charge >= 0.3 is 0 Å². The Morgan fingerprint density at radius 3 is 2.50 bits per heavy atom. The second-order valence-electron chi connectivity index (χ2n) is 4.65. The molecule has 3 rings (SSSR count). The molecule has 0 saturated carbocycles. The van der Waals surface area contributed by atoms with Gasteiger partial charge < -0.3 is 4.84 Å². The summed E-state index contributed by atoms with van der Waals surface area (Å²) >= 11 is 12.2. The van der Waals surface area contributed by atoms with E-state index in [0.717, 1.165) is 16.9 Å². The number of benzene rings is 2. The second kappa shape index (κ2) is 5.49. The summed E-state index contributed by atoms with van der Waals surface area (Å²) in [6, 6.07) is 15.5. The van der Waals surface area contributed by atoms with Gasteiger partial charge in [0, 0.05) is 22.7 Å². The monoisotopic (exact) mass is 305 g/mol. The van der Waals surface area contributed by atoms with Crippen LogP contribution in [0.25, 0.3) is 5.76 Å². The molecule has 1 atom stereocenters. The van der Waals surface area contributed by atoms with Crippen molar-refractivity contribution in [3.63, 3.8) is 0 Å². The molecule has 1 heterocycles. The van der Waals surface area contributed by atoms with Crippen molar-refractivity contribution in [3.05, 3.63) is 75.8 Å². The van der Waals surface area contributed by atoms with Gasteiger partial charge in [0.15, 0.2) is 5.76 Å². The summed E-state index contributed by atoms with van der Waals surface area (Å²) in [5.74, 6) is 0.837. The fourth-order valence-electron chi connectivity index (χ4n) is 2.27. The molecule has 0 aliphatic carbocycles. The first-order valence-electron chi connectivity index (χ1n) is 6.28. The molecule has 0 radical (unpaired) electrons. The Morgan fingerprint density at radius 2 is 1.80 bits per heavy atom. The van der Waals surface area contributed by atoms with Crippen molar-refractivity contribution in [2.75, 3.05) is 7.05 Å². The number of hydrogen-bond acceptors (Lipinski definition) is 2. The van der Waals surface area contributed by atoms with E-state index in [1.165, 1.54) is 0 Å². The maximum Gasteiger partial charge on any atom is 0.152 e. The highest BCUT2D eigenvalue weighted by Crippen LogP contribution is 2.37. The highest BCUT2D eigenvalue weighted by Gasteiger charge is 2.27. The Labute approximate surface area is 128 Å². The van der Waals surface area contributed by atoms with Crippen molar-refractivity contribution in [3.8, 4) is 0 Å². The van der Waals surface area contributed by atoms with Crippen LogP contribution in [0.4, 0.5) is 0 Å². The van der Waals surface area contributed by atoms with Gasteiger partial charge in [-0.15, -0.1) is 5.06 Å². The van der Waals surface area contributed by atoms with Crippen LogP contribution in [-0.2, 0) is 4.84 Å². The third kappa shape index (κ3) is 2.55. The molecule has 1 aliphatic heterocycles. The van der Waals surface area contributed by atoms with Crippen molar-refractivity contribution in [2.45, 2.75) is 6.04 Å². The lowest BCUT2D eigenvalue weighted by Crippen LogP contribution is -2.17. The van der Waals surface area contributed by atoms with Crippen LogP contribution in [0.15, 0.2) is 54.6 Å². The zero-order valence-electron chi connectivity index (χ0n) is 10.9. The van der Waals surface area contributed by atoms with Crippen molar-refractivity contribution < 1.29 is 4.84 Å². The highest BCUT2D eigenvalue weighted by molar-refractivity contribution is 6.35. The average Bonchev–Trinajstić information content (AvgIpc) is 2.82. The van der Waals surface area contributed by atoms with E-state index in [9.17, 15) is 0 Å². The summed E-state index contributed by atoms with van der Waals surface area (Å²) in [6.07, 6.45) is 2.06. The number of halogens is 2. The molecule has 1 aliphatic rings. The van der Waals surface area contributed by atoms with E-state index in [1.54, 1.807) is 11.1 Å². The lowest BCUT2D eigenvalue weighted by Gasteiger charge is -2.19. The van der Waals surface area contributed by atoms with Crippen LogP contribution in [0.1, 0.15) is 17.2 Å². The first kappa shape index (κ1) is 13.5. The average molecular weight is 306 g/mol. The van der Waals surface area contributed by atoms with Gasteiger partial charge in [-0.25, -0.2) is 0 Å². The van der Waals surface area contributed by atoms with E-state index in [2.05, 4.69) is 6.08 Å². The molecule has 0 bridgehead atoms. The van der Waals surface area contributed by atoms with Crippen LogP contribution in [0.5, 0.6) is 0 Å². The second-order valence-corrected chi connectivity index (χ2v) is 5.49. The third-order valence-electron chi connectivity index (χ3n) is 3.28. The molecule has 0 fully saturated rings. The largest absolute Gasteiger partial charge is 0.405 e. The molecular formula is C16H13Cl2NO. The topological polar surface area (TPSA) is 12.5 Å². The molecule has 2 aromatic rings. The first-order chi connectivity index (χ1) is 9.65. The first-order valence-corrected chi connectivity index (χ1v) is 7.04. The smallest absolute Gasteiger partial charge is 0.152 e. The number of rotatable bonds is 2. The van der Waals surface area contributed by atoms with Gasteiger partial charge in [-0.3, -0.25) is 0 Å². The van der Waals surface area contributed by atoms with E-state index >= 15 is 0 Å². The van der Waals surface area contributed by atoms with E-state index < -0.39 is 0 Å². The fraction of sp³-hybridized carbons (Fsp3) is 0.125. The van der Waals surface area contributed by atoms with Crippen LogP contribution in [-0.4, -0.2) is 12.1 Å². The molecule has 20 heavy (non-hydrogen) atoms. The summed E-state index contributed by atoms with van der Waals surface area (Å²) in [7, 11) is 1.89. The Bertz CT molecular complexity index is 655.